The largest absolute Gasteiger partial charge is 0.264 e. The molecule has 1 aromatic carbocycles. The van der Waals surface area contributed by atoms with Gasteiger partial charge < -0.3 is 0 Å². The number of rotatable bonds is 2. The molecule has 0 saturated heterocycles. The molecule has 0 aliphatic rings. The van der Waals surface area contributed by atoms with Gasteiger partial charge in [0.1, 0.15) is 23.1 Å². The van der Waals surface area contributed by atoms with Gasteiger partial charge in [0, 0.05) is 5.92 Å². The van der Waals surface area contributed by atoms with E-state index < -0.39 is 11.6 Å². The average Bonchev–Trinajstić information content (AvgIpc) is 2.61. The Kier molecular flexibility index (Phi) is 3.11. The maximum absolute atomic E-state index is 13.7. The summed E-state index contributed by atoms with van der Waals surface area (Å²) in [5.74, 6) is -1.03. The highest BCUT2D eigenvalue weighted by Crippen LogP contribution is 2.25. The first-order chi connectivity index (χ1) is 8.02. The second-order valence-electron chi connectivity index (χ2n) is 3.89. The average molecular weight is 258 g/mol. The molecule has 0 aliphatic heterocycles. The molecule has 0 saturated carbocycles. The van der Waals surface area contributed by atoms with E-state index in [0.29, 0.717) is 5.82 Å². The zero-order chi connectivity index (χ0) is 12.6. The summed E-state index contributed by atoms with van der Waals surface area (Å²) in [7, 11) is 0. The molecule has 2 rings (SSSR count). The first-order valence-electron chi connectivity index (χ1n) is 5.07. The van der Waals surface area contributed by atoms with Crippen molar-refractivity contribution in [3.8, 4) is 5.69 Å². The number of benzene rings is 1. The Morgan fingerprint density at radius 2 is 1.76 bits per heavy atom. The van der Waals surface area contributed by atoms with E-state index in [4.69, 9.17) is 11.6 Å². The van der Waals surface area contributed by atoms with Gasteiger partial charge in [0.05, 0.1) is 0 Å². The summed E-state index contributed by atoms with van der Waals surface area (Å²) < 4.78 is 28.5. The van der Waals surface area contributed by atoms with Crippen molar-refractivity contribution in [2.45, 2.75) is 19.8 Å². The lowest BCUT2D eigenvalue weighted by Gasteiger charge is -2.11. The topological polar surface area (TPSA) is 30.7 Å². The molecule has 3 nitrogen and oxygen atoms in total. The van der Waals surface area contributed by atoms with Crippen molar-refractivity contribution in [3.05, 3.63) is 40.9 Å². The molecule has 17 heavy (non-hydrogen) atoms. The fourth-order valence-corrected chi connectivity index (χ4v) is 1.77. The van der Waals surface area contributed by atoms with E-state index in [1.165, 1.54) is 22.8 Å². The van der Waals surface area contributed by atoms with Crippen molar-refractivity contribution in [2.75, 3.05) is 0 Å². The van der Waals surface area contributed by atoms with Gasteiger partial charge in [0.2, 0.25) is 5.28 Å². The van der Waals surface area contributed by atoms with E-state index in [1.807, 2.05) is 13.8 Å². The van der Waals surface area contributed by atoms with E-state index in [0.717, 1.165) is 0 Å². The van der Waals surface area contributed by atoms with Gasteiger partial charge in [0.15, 0.2) is 0 Å². The van der Waals surface area contributed by atoms with Gasteiger partial charge in [-0.1, -0.05) is 19.9 Å². The van der Waals surface area contributed by atoms with Crippen LogP contribution >= 0.6 is 11.6 Å². The van der Waals surface area contributed by atoms with Crippen molar-refractivity contribution in [2.24, 2.45) is 0 Å². The Balaban J connectivity index is 2.72. The van der Waals surface area contributed by atoms with Crippen molar-refractivity contribution in [3.63, 3.8) is 0 Å². The first-order valence-corrected chi connectivity index (χ1v) is 5.45. The summed E-state index contributed by atoms with van der Waals surface area (Å²) in [4.78, 5) is 0. The van der Waals surface area contributed by atoms with Crippen LogP contribution in [-0.4, -0.2) is 14.8 Å². The highest BCUT2D eigenvalue weighted by atomic mass is 35.5. The lowest BCUT2D eigenvalue weighted by molar-refractivity contribution is 0.562. The van der Waals surface area contributed by atoms with Crippen LogP contribution in [0.2, 0.25) is 5.28 Å². The molecule has 0 radical (unpaired) electrons. The van der Waals surface area contributed by atoms with Crippen LogP contribution in [0.3, 0.4) is 0 Å². The van der Waals surface area contributed by atoms with Gasteiger partial charge in [-0.05, 0) is 23.7 Å². The smallest absolute Gasteiger partial charge is 0.229 e. The van der Waals surface area contributed by atoms with E-state index in [9.17, 15) is 8.78 Å². The highest BCUT2D eigenvalue weighted by molar-refractivity contribution is 6.28. The number of halogens is 3. The number of nitrogens with zero attached hydrogens (tertiary/aromatic N) is 3. The lowest BCUT2D eigenvalue weighted by atomic mass is 10.2. The Morgan fingerprint density at radius 3 is 2.29 bits per heavy atom. The normalized spacial score (nSPS) is 11.2. The van der Waals surface area contributed by atoms with Crippen LogP contribution in [0.5, 0.6) is 0 Å². The molecule has 2 aromatic rings. The summed E-state index contributed by atoms with van der Waals surface area (Å²) in [6.45, 7) is 3.69. The second-order valence-corrected chi connectivity index (χ2v) is 4.23. The van der Waals surface area contributed by atoms with Gasteiger partial charge in [-0.15, -0.1) is 10.2 Å². The molecule has 0 aliphatic carbocycles. The minimum Gasteiger partial charge on any atom is -0.264 e. The monoisotopic (exact) mass is 257 g/mol. The quantitative estimate of drug-likeness (QED) is 0.826. The summed E-state index contributed by atoms with van der Waals surface area (Å²) in [5.41, 5.74) is -0.244. The van der Waals surface area contributed by atoms with E-state index in [-0.39, 0.29) is 16.9 Å². The molecular formula is C11H10ClF2N3. The van der Waals surface area contributed by atoms with Crippen molar-refractivity contribution < 1.29 is 8.78 Å². The van der Waals surface area contributed by atoms with Gasteiger partial charge in [-0.2, -0.15) is 0 Å². The second kappa shape index (κ2) is 4.41. The van der Waals surface area contributed by atoms with Crippen LogP contribution in [0.4, 0.5) is 8.78 Å². The number of aromatic nitrogens is 3. The Bertz CT molecular complexity index is 531. The van der Waals surface area contributed by atoms with Gasteiger partial charge in [0.25, 0.3) is 0 Å². The minimum absolute atomic E-state index is 0.0472. The molecular weight excluding hydrogens is 248 g/mol. The van der Waals surface area contributed by atoms with Crippen LogP contribution < -0.4 is 0 Å². The van der Waals surface area contributed by atoms with E-state index >= 15 is 0 Å². The number of para-hydroxylation sites is 1. The molecule has 0 unspecified atom stereocenters. The maximum Gasteiger partial charge on any atom is 0.229 e. The zero-order valence-corrected chi connectivity index (χ0v) is 10.0. The van der Waals surface area contributed by atoms with Gasteiger partial charge >= 0.3 is 0 Å². The fourth-order valence-electron chi connectivity index (χ4n) is 1.56. The van der Waals surface area contributed by atoms with Crippen LogP contribution in [0.15, 0.2) is 18.2 Å². The third kappa shape index (κ3) is 2.02. The van der Waals surface area contributed by atoms with Crippen LogP contribution in [-0.2, 0) is 0 Å². The molecule has 1 aromatic heterocycles. The van der Waals surface area contributed by atoms with Gasteiger partial charge in [-0.25, -0.2) is 8.78 Å². The highest BCUT2D eigenvalue weighted by Gasteiger charge is 2.20. The molecule has 0 spiro atoms. The molecule has 0 N–H and O–H groups in total. The van der Waals surface area contributed by atoms with E-state index in [2.05, 4.69) is 10.2 Å². The summed E-state index contributed by atoms with van der Waals surface area (Å²) in [6, 6.07) is 3.62. The maximum atomic E-state index is 13.7. The van der Waals surface area contributed by atoms with Crippen molar-refractivity contribution in [1.29, 1.82) is 0 Å². The standard InChI is InChI=1S/C11H10ClF2N3/c1-6(2)10-15-16-11(12)17(10)9-7(13)4-3-5-8(9)14/h3-6H,1-2H3. The van der Waals surface area contributed by atoms with Crippen LogP contribution in [0.1, 0.15) is 25.6 Å². The van der Waals surface area contributed by atoms with Crippen LogP contribution in [0, 0.1) is 11.6 Å². The molecule has 6 heteroatoms. The minimum atomic E-state index is -0.700. The SMILES string of the molecule is CC(C)c1nnc(Cl)n1-c1c(F)cccc1F. The molecule has 0 amide bonds. The zero-order valence-electron chi connectivity index (χ0n) is 9.28. The Morgan fingerprint density at radius 1 is 1.18 bits per heavy atom. The molecule has 90 valence electrons. The molecule has 1 heterocycles. The third-order valence-corrected chi connectivity index (χ3v) is 2.57. The summed E-state index contributed by atoms with van der Waals surface area (Å²) >= 11 is 5.82. The molecule has 0 fully saturated rings. The van der Waals surface area contributed by atoms with Crippen molar-refractivity contribution in [1.82, 2.24) is 14.8 Å². The van der Waals surface area contributed by atoms with E-state index in [1.54, 1.807) is 0 Å². The fraction of sp³-hybridized carbons (Fsp3) is 0.273. The lowest BCUT2D eigenvalue weighted by Crippen LogP contribution is -2.07. The number of hydrogen-bond acceptors (Lipinski definition) is 2. The van der Waals surface area contributed by atoms with Crippen LogP contribution in [0.25, 0.3) is 5.69 Å². The molecule has 0 bridgehead atoms. The number of hydrogen-bond donors (Lipinski definition) is 0. The first kappa shape index (κ1) is 12.0. The Hall–Kier alpha value is -1.49. The molecule has 0 atom stereocenters. The van der Waals surface area contributed by atoms with Crippen molar-refractivity contribution >= 4 is 11.6 Å². The predicted octanol–water partition coefficient (Wildman–Crippen LogP) is 3.32. The third-order valence-electron chi connectivity index (χ3n) is 2.33. The predicted molar refractivity (Wildman–Crippen MR) is 60.4 cm³/mol. The van der Waals surface area contributed by atoms with Gasteiger partial charge in [-0.3, -0.25) is 4.57 Å². The summed E-state index contributed by atoms with van der Waals surface area (Å²) in [6.07, 6.45) is 0. The Labute approximate surface area is 102 Å². The summed E-state index contributed by atoms with van der Waals surface area (Å²) in [5, 5.41) is 7.41.